The molecule has 0 aromatic rings. The van der Waals surface area contributed by atoms with Gasteiger partial charge in [-0.3, -0.25) is 4.99 Å². The summed E-state index contributed by atoms with van der Waals surface area (Å²) in [6, 6.07) is 0.512. The summed E-state index contributed by atoms with van der Waals surface area (Å²) in [5.41, 5.74) is 1.18. The van der Waals surface area contributed by atoms with Gasteiger partial charge in [0.25, 0.3) is 0 Å². The number of allylic oxidation sites excluding steroid dienone is 1. The van der Waals surface area contributed by atoms with Crippen molar-refractivity contribution in [3.8, 4) is 0 Å². The predicted molar refractivity (Wildman–Crippen MR) is 67.5 cm³/mol. The molecule has 1 saturated heterocycles. The standard InChI is InChI=1S/C12H22N4/c1-10-8-16(3)9-12(13-10)14-11-4-6-15(2)7-5-11/h8,11H,4-7,9H2,1-3H3,(H,13,14). The zero-order chi connectivity index (χ0) is 11.5. The Morgan fingerprint density at radius 2 is 2.00 bits per heavy atom. The number of hydrogen-bond donors (Lipinski definition) is 1. The van der Waals surface area contributed by atoms with Gasteiger partial charge < -0.3 is 15.1 Å². The molecule has 0 bridgehead atoms. The maximum absolute atomic E-state index is 4.83. The molecule has 0 saturated carbocycles. The van der Waals surface area contributed by atoms with Crippen LogP contribution in [0.25, 0.3) is 0 Å². The fraction of sp³-hybridized carbons (Fsp3) is 0.750. The van der Waals surface area contributed by atoms with E-state index in [4.69, 9.17) is 4.99 Å². The van der Waals surface area contributed by atoms with Crippen molar-refractivity contribution < 1.29 is 0 Å². The molecule has 4 nitrogen and oxygen atoms in total. The lowest BCUT2D eigenvalue weighted by molar-refractivity contribution is 0.256. The van der Waals surface area contributed by atoms with Gasteiger partial charge in [-0.15, -0.1) is 0 Å². The fourth-order valence-corrected chi connectivity index (χ4v) is 2.33. The van der Waals surface area contributed by atoms with Crippen LogP contribution in [0.1, 0.15) is 19.8 Å². The van der Waals surface area contributed by atoms with Crippen LogP contribution in [-0.2, 0) is 0 Å². The van der Waals surface area contributed by atoms with Gasteiger partial charge in [-0.1, -0.05) is 0 Å². The Hall–Kier alpha value is -1.03. The first kappa shape index (κ1) is 11.5. The largest absolute Gasteiger partial charge is 0.372 e. The molecule has 1 fully saturated rings. The van der Waals surface area contributed by atoms with E-state index in [1.54, 1.807) is 0 Å². The van der Waals surface area contributed by atoms with Crippen molar-refractivity contribution in [1.29, 1.82) is 0 Å². The number of rotatable bonds is 1. The highest BCUT2D eigenvalue weighted by molar-refractivity contribution is 5.86. The molecule has 0 aromatic carbocycles. The minimum Gasteiger partial charge on any atom is -0.372 e. The van der Waals surface area contributed by atoms with Gasteiger partial charge >= 0.3 is 0 Å². The number of aliphatic imine (C=N–C) groups is 1. The van der Waals surface area contributed by atoms with Gasteiger partial charge in [0.05, 0.1) is 12.6 Å². The molecule has 0 aromatic heterocycles. The van der Waals surface area contributed by atoms with Gasteiger partial charge in [-0.2, -0.15) is 0 Å². The van der Waals surface area contributed by atoms with Crippen molar-refractivity contribution >= 4 is 5.84 Å². The molecule has 0 amide bonds. The molecule has 2 aliphatic rings. The summed E-state index contributed by atoms with van der Waals surface area (Å²) < 4.78 is 0. The summed E-state index contributed by atoms with van der Waals surface area (Å²) in [6.07, 6.45) is 4.50. The third-order valence-electron chi connectivity index (χ3n) is 3.18. The van der Waals surface area contributed by atoms with E-state index in [1.165, 1.54) is 31.6 Å². The number of nitrogens with zero attached hydrogens (tertiary/aromatic N) is 3. The Labute approximate surface area is 98.0 Å². The molecule has 2 aliphatic heterocycles. The van der Waals surface area contributed by atoms with Crippen molar-refractivity contribution in [1.82, 2.24) is 15.1 Å². The Balaban J connectivity index is 1.94. The normalized spacial score (nSPS) is 26.8. The summed E-state index contributed by atoms with van der Waals surface area (Å²) in [5.74, 6) is 1.12. The number of likely N-dealkylation sites (tertiary alicyclic amines) is 1. The molecule has 2 heterocycles. The van der Waals surface area contributed by atoms with Crippen LogP contribution in [0.4, 0.5) is 0 Å². The van der Waals surface area contributed by atoms with E-state index in [2.05, 4.69) is 42.3 Å². The van der Waals surface area contributed by atoms with Crippen LogP contribution in [0.5, 0.6) is 0 Å². The third-order valence-corrected chi connectivity index (χ3v) is 3.18. The highest BCUT2D eigenvalue weighted by Gasteiger charge is 2.17. The van der Waals surface area contributed by atoms with Crippen molar-refractivity contribution in [3.63, 3.8) is 0 Å². The van der Waals surface area contributed by atoms with E-state index in [0.717, 1.165) is 12.4 Å². The van der Waals surface area contributed by atoms with E-state index >= 15 is 0 Å². The van der Waals surface area contributed by atoms with Crippen LogP contribution in [0, 0.1) is 0 Å². The maximum Gasteiger partial charge on any atom is 0.120 e. The van der Waals surface area contributed by atoms with Crippen LogP contribution < -0.4 is 5.32 Å². The fourth-order valence-electron chi connectivity index (χ4n) is 2.33. The zero-order valence-corrected chi connectivity index (χ0v) is 10.5. The van der Waals surface area contributed by atoms with E-state index in [0.29, 0.717) is 6.04 Å². The lowest BCUT2D eigenvalue weighted by Crippen LogP contribution is -2.40. The lowest BCUT2D eigenvalue weighted by atomic mass is 10.1. The van der Waals surface area contributed by atoms with Gasteiger partial charge in [0.2, 0.25) is 0 Å². The quantitative estimate of drug-likeness (QED) is 0.714. The van der Waals surface area contributed by atoms with Crippen LogP contribution in [0.2, 0.25) is 0 Å². The molecule has 0 atom stereocenters. The molecule has 16 heavy (non-hydrogen) atoms. The Bertz CT molecular complexity index is 300. The minimum atomic E-state index is 0.512. The Kier molecular flexibility index (Phi) is 3.49. The molecular weight excluding hydrogens is 200 g/mol. The first-order valence-corrected chi connectivity index (χ1v) is 6.04. The molecule has 0 aliphatic carbocycles. The second-order valence-electron chi connectivity index (χ2n) is 4.96. The summed E-state index contributed by atoms with van der Waals surface area (Å²) in [5, 5.41) is 3.36. The van der Waals surface area contributed by atoms with Crippen molar-refractivity contribution in [2.24, 2.45) is 4.99 Å². The number of piperidine rings is 1. The molecule has 4 heteroatoms. The van der Waals surface area contributed by atoms with Gasteiger partial charge in [-0.05, 0) is 39.9 Å². The molecule has 2 rings (SSSR count). The maximum atomic E-state index is 4.83. The van der Waals surface area contributed by atoms with Crippen molar-refractivity contribution in [3.05, 3.63) is 11.9 Å². The molecule has 90 valence electrons. The number of hydrogen-bond acceptors (Lipinski definition) is 3. The monoisotopic (exact) mass is 222 g/mol. The van der Waals surface area contributed by atoms with E-state index in [1.807, 2.05) is 0 Å². The topological polar surface area (TPSA) is 30.9 Å². The van der Waals surface area contributed by atoms with Crippen LogP contribution in [0.15, 0.2) is 16.9 Å². The summed E-state index contributed by atoms with van der Waals surface area (Å²) in [6.45, 7) is 5.34. The number of likely N-dealkylation sites (N-methyl/N-ethyl adjacent to an activating group) is 1. The highest BCUT2D eigenvalue weighted by atomic mass is 15.2. The van der Waals surface area contributed by atoms with E-state index in [9.17, 15) is 0 Å². The first-order valence-electron chi connectivity index (χ1n) is 6.04. The SMILES string of the molecule is CC1=CN(C)CC(=NC2CCN(C)CC2)N1. The smallest absolute Gasteiger partial charge is 0.120 e. The summed E-state index contributed by atoms with van der Waals surface area (Å²) >= 11 is 0. The van der Waals surface area contributed by atoms with Crippen molar-refractivity contribution in [2.45, 2.75) is 25.8 Å². The lowest BCUT2D eigenvalue weighted by Gasteiger charge is -2.29. The zero-order valence-electron chi connectivity index (χ0n) is 10.5. The summed E-state index contributed by atoms with van der Waals surface area (Å²) in [4.78, 5) is 9.38. The summed E-state index contributed by atoms with van der Waals surface area (Å²) in [7, 11) is 4.28. The van der Waals surface area contributed by atoms with Gasteiger partial charge in [0.15, 0.2) is 0 Å². The van der Waals surface area contributed by atoms with Gasteiger partial charge in [-0.25, -0.2) is 0 Å². The average molecular weight is 222 g/mol. The van der Waals surface area contributed by atoms with Crippen LogP contribution >= 0.6 is 0 Å². The molecule has 0 unspecified atom stereocenters. The van der Waals surface area contributed by atoms with Gasteiger partial charge in [0, 0.05) is 18.9 Å². The molecule has 0 spiro atoms. The third kappa shape index (κ3) is 2.98. The van der Waals surface area contributed by atoms with E-state index < -0.39 is 0 Å². The molecule has 0 radical (unpaired) electrons. The highest BCUT2D eigenvalue weighted by Crippen LogP contribution is 2.13. The Morgan fingerprint density at radius 3 is 2.62 bits per heavy atom. The van der Waals surface area contributed by atoms with Crippen molar-refractivity contribution in [2.75, 3.05) is 33.7 Å². The number of amidine groups is 1. The van der Waals surface area contributed by atoms with Crippen LogP contribution in [-0.4, -0.2) is 55.4 Å². The first-order chi connectivity index (χ1) is 7.63. The Morgan fingerprint density at radius 1 is 1.31 bits per heavy atom. The minimum absolute atomic E-state index is 0.512. The van der Waals surface area contributed by atoms with E-state index in [-0.39, 0.29) is 0 Å². The predicted octanol–water partition coefficient (Wildman–Crippen LogP) is 0.875. The molecule has 1 N–H and O–H groups in total. The van der Waals surface area contributed by atoms with Gasteiger partial charge in [0.1, 0.15) is 5.84 Å². The number of nitrogens with one attached hydrogen (secondary N) is 1. The molecular formula is C12H22N4. The second-order valence-corrected chi connectivity index (χ2v) is 4.96. The second kappa shape index (κ2) is 4.87. The average Bonchev–Trinajstić information content (AvgIpc) is 2.20. The van der Waals surface area contributed by atoms with Crippen LogP contribution in [0.3, 0.4) is 0 Å².